The number of ether oxygens (including phenoxy) is 2. The van der Waals surface area contributed by atoms with Crippen molar-refractivity contribution in [2.75, 3.05) is 39.5 Å². The van der Waals surface area contributed by atoms with Gasteiger partial charge in [0.05, 0.1) is 26.4 Å². The molecule has 0 heterocycles. The molecule has 0 saturated carbocycles. The normalized spacial score (nSPS) is 11.4. The topological polar surface area (TPSA) is 96.3 Å². The first-order valence-corrected chi connectivity index (χ1v) is 8.95. The van der Waals surface area contributed by atoms with E-state index in [1.165, 1.54) is 22.3 Å². The van der Waals surface area contributed by atoms with Gasteiger partial charge in [0.25, 0.3) is 5.91 Å². The van der Waals surface area contributed by atoms with Gasteiger partial charge in [-0.05, 0) is 46.3 Å². The highest BCUT2D eigenvalue weighted by Gasteiger charge is 2.19. The molecule has 27 heavy (non-hydrogen) atoms. The van der Waals surface area contributed by atoms with E-state index < -0.39 is 0 Å². The SMILES string of the molecule is [N-]=[N+]=NCCOCCOCCNC(=O)c1ccc2c(c1)Cc1ccccc1-2. The Morgan fingerprint density at radius 2 is 1.81 bits per heavy atom. The highest BCUT2D eigenvalue weighted by Crippen LogP contribution is 2.36. The fourth-order valence-corrected chi connectivity index (χ4v) is 3.10. The summed E-state index contributed by atoms with van der Waals surface area (Å²) in [6.45, 7) is 2.42. The summed E-state index contributed by atoms with van der Waals surface area (Å²) in [5.74, 6) is -0.0945. The van der Waals surface area contributed by atoms with Crippen molar-refractivity contribution < 1.29 is 14.3 Å². The van der Waals surface area contributed by atoms with Gasteiger partial charge in [-0.1, -0.05) is 35.4 Å². The number of amides is 1. The molecule has 0 spiro atoms. The van der Waals surface area contributed by atoms with Crippen LogP contribution in [0, 0.1) is 0 Å². The number of carbonyl (C=O) groups excluding carboxylic acids is 1. The third kappa shape index (κ3) is 5.08. The largest absolute Gasteiger partial charge is 0.379 e. The molecule has 2 aromatic rings. The van der Waals surface area contributed by atoms with Crippen molar-refractivity contribution in [1.82, 2.24) is 5.32 Å². The van der Waals surface area contributed by atoms with E-state index in [0.29, 0.717) is 45.1 Å². The summed E-state index contributed by atoms with van der Waals surface area (Å²) >= 11 is 0. The maximum absolute atomic E-state index is 12.3. The first kappa shape index (κ1) is 18.9. The van der Waals surface area contributed by atoms with Crippen LogP contribution >= 0.6 is 0 Å². The summed E-state index contributed by atoms with van der Waals surface area (Å²) in [4.78, 5) is 15.0. The number of fused-ring (bicyclic) bond motifs is 3. The van der Waals surface area contributed by atoms with Crippen LogP contribution in [0.3, 0.4) is 0 Å². The highest BCUT2D eigenvalue weighted by molar-refractivity contribution is 5.95. The molecule has 0 aromatic heterocycles. The van der Waals surface area contributed by atoms with Crippen molar-refractivity contribution in [3.63, 3.8) is 0 Å². The zero-order chi connectivity index (χ0) is 18.9. The van der Waals surface area contributed by atoms with E-state index in [1.807, 2.05) is 30.3 Å². The lowest BCUT2D eigenvalue weighted by molar-refractivity contribution is 0.0511. The molecule has 0 bridgehead atoms. The second-order valence-electron chi connectivity index (χ2n) is 6.14. The van der Waals surface area contributed by atoms with Crippen molar-refractivity contribution >= 4 is 5.91 Å². The van der Waals surface area contributed by atoms with Crippen molar-refractivity contribution in [3.8, 4) is 11.1 Å². The Labute approximate surface area is 157 Å². The van der Waals surface area contributed by atoms with Crippen LogP contribution in [0.15, 0.2) is 47.6 Å². The van der Waals surface area contributed by atoms with Gasteiger partial charge in [-0.2, -0.15) is 0 Å². The average Bonchev–Trinajstić information content (AvgIpc) is 3.07. The molecular formula is C20H22N4O3. The Morgan fingerprint density at radius 1 is 1.04 bits per heavy atom. The Kier molecular flexibility index (Phi) is 6.82. The van der Waals surface area contributed by atoms with Crippen LogP contribution in [0.5, 0.6) is 0 Å². The summed E-state index contributed by atoms with van der Waals surface area (Å²) in [6.07, 6.45) is 0.870. The van der Waals surface area contributed by atoms with Crippen LogP contribution < -0.4 is 5.32 Å². The molecule has 1 aliphatic rings. The van der Waals surface area contributed by atoms with Gasteiger partial charge < -0.3 is 14.8 Å². The summed E-state index contributed by atoms with van der Waals surface area (Å²) in [5.41, 5.74) is 13.8. The Morgan fingerprint density at radius 3 is 2.67 bits per heavy atom. The van der Waals surface area contributed by atoms with E-state index in [-0.39, 0.29) is 5.91 Å². The molecule has 0 aliphatic heterocycles. The average molecular weight is 366 g/mol. The first-order chi connectivity index (χ1) is 13.3. The molecule has 3 rings (SSSR count). The predicted octanol–water partition coefficient (Wildman–Crippen LogP) is 3.33. The van der Waals surface area contributed by atoms with E-state index in [4.69, 9.17) is 15.0 Å². The lowest BCUT2D eigenvalue weighted by atomic mass is 10.0. The summed E-state index contributed by atoms with van der Waals surface area (Å²) in [6, 6.07) is 14.2. The van der Waals surface area contributed by atoms with Crippen LogP contribution in [-0.2, 0) is 15.9 Å². The number of benzene rings is 2. The number of carbonyl (C=O) groups is 1. The first-order valence-electron chi connectivity index (χ1n) is 8.95. The zero-order valence-corrected chi connectivity index (χ0v) is 15.1. The fourth-order valence-electron chi connectivity index (χ4n) is 3.10. The van der Waals surface area contributed by atoms with Gasteiger partial charge in [0.2, 0.25) is 0 Å². The van der Waals surface area contributed by atoms with Crippen molar-refractivity contribution in [3.05, 3.63) is 69.6 Å². The van der Waals surface area contributed by atoms with Gasteiger partial charge in [-0.25, -0.2) is 0 Å². The molecular weight excluding hydrogens is 344 g/mol. The number of nitrogens with one attached hydrogen (secondary N) is 1. The van der Waals surface area contributed by atoms with Gasteiger partial charge in [0, 0.05) is 23.6 Å². The molecule has 1 aliphatic carbocycles. The minimum Gasteiger partial charge on any atom is -0.379 e. The Hall–Kier alpha value is -2.86. The number of hydrogen-bond donors (Lipinski definition) is 1. The van der Waals surface area contributed by atoms with Gasteiger partial charge in [-0.15, -0.1) is 0 Å². The zero-order valence-electron chi connectivity index (χ0n) is 15.1. The highest BCUT2D eigenvalue weighted by atomic mass is 16.5. The van der Waals surface area contributed by atoms with Crippen LogP contribution in [-0.4, -0.2) is 45.4 Å². The Bertz CT molecular complexity index is 847. The second kappa shape index (κ2) is 9.73. The molecule has 0 fully saturated rings. The third-order valence-corrected chi connectivity index (χ3v) is 4.36. The van der Waals surface area contributed by atoms with Gasteiger partial charge in [0.15, 0.2) is 0 Å². The van der Waals surface area contributed by atoms with Gasteiger partial charge in [-0.3, -0.25) is 4.79 Å². The Balaban J connectivity index is 1.37. The van der Waals surface area contributed by atoms with Crippen LogP contribution in [0.2, 0.25) is 0 Å². The number of azide groups is 1. The van der Waals surface area contributed by atoms with E-state index in [2.05, 4.69) is 27.5 Å². The maximum atomic E-state index is 12.3. The molecule has 1 amide bonds. The number of hydrogen-bond acceptors (Lipinski definition) is 4. The minimum absolute atomic E-state index is 0.0945. The number of rotatable bonds is 10. The summed E-state index contributed by atoms with van der Waals surface area (Å²) in [7, 11) is 0. The quantitative estimate of drug-likeness (QED) is 0.258. The number of nitrogens with zero attached hydrogens (tertiary/aromatic N) is 3. The van der Waals surface area contributed by atoms with Crippen molar-refractivity contribution in [2.24, 2.45) is 5.11 Å². The smallest absolute Gasteiger partial charge is 0.251 e. The molecule has 140 valence electrons. The molecule has 2 aromatic carbocycles. The van der Waals surface area contributed by atoms with E-state index >= 15 is 0 Å². The lowest BCUT2D eigenvalue weighted by Crippen LogP contribution is -2.27. The van der Waals surface area contributed by atoms with E-state index in [9.17, 15) is 4.79 Å². The van der Waals surface area contributed by atoms with Crippen LogP contribution in [0.1, 0.15) is 21.5 Å². The van der Waals surface area contributed by atoms with E-state index in [1.54, 1.807) is 0 Å². The van der Waals surface area contributed by atoms with Gasteiger partial charge >= 0.3 is 0 Å². The second-order valence-corrected chi connectivity index (χ2v) is 6.14. The van der Waals surface area contributed by atoms with E-state index in [0.717, 1.165) is 6.42 Å². The molecule has 0 unspecified atom stereocenters. The van der Waals surface area contributed by atoms with Crippen molar-refractivity contribution in [1.29, 1.82) is 0 Å². The molecule has 7 nitrogen and oxygen atoms in total. The molecule has 0 radical (unpaired) electrons. The molecule has 1 N–H and O–H groups in total. The standard InChI is InChI=1S/C20H22N4O3/c21-24-23-8-10-27-12-11-26-9-7-22-20(25)16-5-6-19-17(14-16)13-15-3-1-2-4-18(15)19/h1-6,14H,7-13H2,(H,22,25). The molecule has 7 heteroatoms. The molecule has 0 atom stereocenters. The molecule has 0 saturated heterocycles. The van der Waals surface area contributed by atoms with Crippen LogP contribution in [0.25, 0.3) is 21.6 Å². The monoisotopic (exact) mass is 366 g/mol. The minimum atomic E-state index is -0.0945. The summed E-state index contributed by atoms with van der Waals surface area (Å²) < 4.78 is 10.6. The fraction of sp³-hybridized carbons (Fsp3) is 0.350. The third-order valence-electron chi connectivity index (χ3n) is 4.36. The lowest BCUT2D eigenvalue weighted by Gasteiger charge is -2.08. The van der Waals surface area contributed by atoms with Crippen molar-refractivity contribution in [2.45, 2.75) is 6.42 Å². The predicted molar refractivity (Wildman–Crippen MR) is 103 cm³/mol. The van der Waals surface area contributed by atoms with Crippen LogP contribution in [0.4, 0.5) is 0 Å². The van der Waals surface area contributed by atoms with Gasteiger partial charge in [0.1, 0.15) is 0 Å². The summed E-state index contributed by atoms with van der Waals surface area (Å²) in [5, 5.41) is 6.24. The maximum Gasteiger partial charge on any atom is 0.251 e.